The van der Waals surface area contributed by atoms with Crippen LogP contribution < -0.4 is 5.84 Å². The maximum absolute atomic E-state index is 8.64. The van der Waals surface area contributed by atoms with Crippen molar-refractivity contribution in [2.45, 2.75) is 58.3 Å². The lowest BCUT2D eigenvalue weighted by molar-refractivity contribution is -0.0939. The Bertz CT molecular complexity index is 96.9. The second-order valence-electron chi connectivity index (χ2n) is 3.64. The van der Waals surface area contributed by atoms with Gasteiger partial charge >= 0.3 is 0 Å². The lowest BCUT2D eigenvalue weighted by Gasteiger charge is -2.06. The molecule has 0 aliphatic carbocycles. The Hall–Kier alpha value is -0.120. The van der Waals surface area contributed by atoms with Gasteiger partial charge in [-0.25, -0.2) is 5.84 Å². The molecule has 0 radical (unpaired) electrons. The van der Waals surface area contributed by atoms with Crippen LogP contribution in [-0.2, 0) is 0 Å². The topological polar surface area (TPSA) is 49.5 Å². The molecule has 13 heavy (non-hydrogen) atoms. The van der Waals surface area contributed by atoms with Crippen molar-refractivity contribution in [3.8, 4) is 0 Å². The van der Waals surface area contributed by atoms with E-state index in [1.54, 1.807) is 0 Å². The molecule has 0 saturated heterocycles. The van der Waals surface area contributed by atoms with E-state index in [4.69, 9.17) is 11.0 Å². The second-order valence-corrected chi connectivity index (χ2v) is 3.64. The van der Waals surface area contributed by atoms with Gasteiger partial charge in [-0.2, -0.15) is 0 Å². The first-order chi connectivity index (χ1) is 6.27. The van der Waals surface area contributed by atoms with Gasteiger partial charge in [-0.3, -0.25) is 5.21 Å². The molecule has 0 rings (SSSR count). The summed E-state index contributed by atoms with van der Waals surface area (Å²) in [6.07, 6.45) is 10.2. The third kappa shape index (κ3) is 11.9. The van der Waals surface area contributed by atoms with E-state index in [9.17, 15) is 0 Å². The van der Waals surface area contributed by atoms with Crippen LogP contribution in [0.5, 0.6) is 0 Å². The van der Waals surface area contributed by atoms with Gasteiger partial charge in [0.2, 0.25) is 0 Å². The number of hydroxylamine groups is 1. The van der Waals surface area contributed by atoms with Crippen molar-refractivity contribution in [3.05, 3.63) is 0 Å². The molecule has 0 atom stereocenters. The highest BCUT2D eigenvalue weighted by Crippen LogP contribution is 2.07. The van der Waals surface area contributed by atoms with E-state index in [1.807, 2.05) is 0 Å². The molecule has 3 heteroatoms. The van der Waals surface area contributed by atoms with Crippen LogP contribution in [0.15, 0.2) is 0 Å². The summed E-state index contributed by atoms with van der Waals surface area (Å²) in [5.41, 5.74) is 0. The predicted molar refractivity (Wildman–Crippen MR) is 55.3 cm³/mol. The third-order valence-corrected chi connectivity index (χ3v) is 2.24. The highest BCUT2D eigenvalue weighted by molar-refractivity contribution is 4.46. The van der Waals surface area contributed by atoms with Crippen LogP contribution in [0, 0.1) is 0 Å². The molecular weight excluding hydrogens is 164 g/mol. The Labute approximate surface area is 81.8 Å². The molecule has 3 N–H and O–H groups in total. The fraction of sp³-hybridized carbons (Fsp3) is 1.00. The Morgan fingerprint density at radius 1 is 0.923 bits per heavy atom. The van der Waals surface area contributed by atoms with Crippen LogP contribution in [0.1, 0.15) is 58.3 Å². The Morgan fingerprint density at radius 2 is 1.38 bits per heavy atom. The molecule has 0 unspecified atom stereocenters. The molecule has 0 aromatic heterocycles. The summed E-state index contributed by atoms with van der Waals surface area (Å²) in [5, 5.41) is 9.41. The first kappa shape index (κ1) is 12.9. The van der Waals surface area contributed by atoms with Crippen molar-refractivity contribution in [2.75, 3.05) is 6.54 Å². The Morgan fingerprint density at radius 3 is 1.85 bits per heavy atom. The van der Waals surface area contributed by atoms with Gasteiger partial charge in [0.15, 0.2) is 0 Å². The van der Waals surface area contributed by atoms with Crippen molar-refractivity contribution < 1.29 is 5.21 Å². The van der Waals surface area contributed by atoms with E-state index in [2.05, 4.69) is 6.92 Å². The maximum atomic E-state index is 8.64. The monoisotopic (exact) mass is 188 g/mol. The van der Waals surface area contributed by atoms with Gasteiger partial charge in [0, 0.05) is 6.54 Å². The molecule has 0 amide bonds. The lowest BCUT2D eigenvalue weighted by Crippen LogP contribution is -2.27. The lowest BCUT2D eigenvalue weighted by atomic mass is 10.1. The number of unbranched alkanes of at least 4 members (excludes halogenated alkanes) is 7. The smallest absolute Gasteiger partial charge is 0.0396 e. The van der Waals surface area contributed by atoms with Crippen LogP contribution >= 0.6 is 0 Å². The van der Waals surface area contributed by atoms with Crippen LogP contribution in [-0.4, -0.2) is 16.9 Å². The molecule has 0 aromatic rings. The predicted octanol–water partition coefficient (Wildman–Crippen LogP) is 2.69. The van der Waals surface area contributed by atoms with Crippen LogP contribution in [0.3, 0.4) is 0 Å². The zero-order valence-corrected chi connectivity index (χ0v) is 8.84. The minimum Gasteiger partial charge on any atom is -0.299 e. The molecule has 0 aliphatic heterocycles. The first-order valence-corrected chi connectivity index (χ1v) is 5.48. The average Bonchev–Trinajstić information content (AvgIpc) is 2.09. The van der Waals surface area contributed by atoms with Crippen molar-refractivity contribution in [2.24, 2.45) is 5.84 Å². The zero-order valence-electron chi connectivity index (χ0n) is 8.84. The van der Waals surface area contributed by atoms with Gasteiger partial charge in [-0.1, -0.05) is 51.9 Å². The van der Waals surface area contributed by atoms with Crippen molar-refractivity contribution in [3.63, 3.8) is 0 Å². The second kappa shape index (κ2) is 9.96. The summed E-state index contributed by atoms with van der Waals surface area (Å²) in [5.74, 6) is 5.06. The van der Waals surface area contributed by atoms with Gasteiger partial charge in [-0.15, -0.1) is 5.17 Å². The zero-order chi connectivity index (χ0) is 9.94. The highest BCUT2D eigenvalue weighted by atomic mass is 16.5. The number of nitrogens with two attached hydrogens (primary N) is 1. The van der Waals surface area contributed by atoms with E-state index in [0.717, 1.165) is 11.6 Å². The highest BCUT2D eigenvalue weighted by Gasteiger charge is 1.93. The van der Waals surface area contributed by atoms with E-state index < -0.39 is 0 Å². The maximum Gasteiger partial charge on any atom is 0.0396 e. The van der Waals surface area contributed by atoms with E-state index >= 15 is 0 Å². The SMILES string of the molecule is CCCCCCCCCCN(N)O. The van der Waals surface area contributed by atoms with E-state index in [1.165, 1.54) is 44.9 Å². The Balaban J connectivity index is 2.84. The summed E-state index contributed by atoms with van der Waals surface area (Å²) in [6.45, 7) is 2.83. The van der Waals surface area contributed by atoms with Crippen molar-refractivity contribution >= 4 is 0 Å². The van der Waals surface area contributed by atoms with Gasteiger partial charge in [0.1, 0.15) is 0 Å². The summed E-state index contributed by atoms with van der Waals surface area (Å²) >= 11 is 0. The molecule has 0 fully saturated rings. The summed E-state index contributed by atoms with van der Waals surface area (Å²) < 4.78 is 0. The van der Waals surface area contributed by atoms with Gasteiger partial charge in [-0.05, 0) is 6.42 Å². The van der Waals surface area contributed by atoms with Crippen LogP contribution in [0.4, 0.5) is 0 Å². The fourth-order valence-electron chi connectivity index (χ4n) is 1.41. The minimum absolute atomic E-state index is 0.592. The van der Waals surface area contributed by atoms with E-state index in [-0.39, 0.29) is 0 Å². The summed E-state index contributed by atoms with van der Waals surface area (Å²) in [4.78, 5) is 0. The quantitative estimate of drug-likeness (QED) is 0.332. The molecule has 0 spiro atoms. The Kier molecular flexibility index (Phi) is 9.87. The molecule has 0 aromatic carbocycles. The molecule has 0 aliphatic rings. The number of nitrogens with zero attached hydrogens (tertiary/aromatic N) is 1. The third-order valence-electron chi connectivity index (χ3n) is 2.24. The van der Waals surface area contributed by atoms with Gasteiger partial charge in [0.05, 0.1) is 0 Å². The molecule has 0 bridgehead atoms. The van der Waals surface area contributed by atoms with Crippen molar-refractivity contribution in [1.29, 1.82) is 0 Å². The summed E-state index contributed by atoms with van der Waals surface area (Å²) in [7, 11) is 0. The molecule has 3 nitrogen and oxygen atoms in total. The van der Waals surface area contributed by atoms with Gasteiger partial charge < -0.3 is 0 Å². The molecule has 0 heterocycles. The fourth-order valence-corrected chi connectivity index (χ4v) is 1.41. The van der Waals surface area contributed by atoms with E-state index in [0.29, 0.717) is 6.54 Å². The number of rotatable bonds is 9. The molecule has 0 saturated carbocycles. The molecule has 80 valence electrons. The van der Waals surface area contributed by atoms with Crippen LogP contribution in [0.25, 0.3) is 0 Å². The average molecular weight is 188 g/mol. The standard InChI is InChI=1S/C10H24N2O/c1-2-3-4-5-6-7-8-9-10-12(11)13/h13H,2-11H2,1H3. The first-order valence-electron chi connectivity index (χ1n) is 5.48. The normalized spacial score (nSPS) is 11.1. The number of hydrogen-bond acceptors (Lipinski definition) is 3. The number of hydrazine groups is 1. The molecular formula is C10H24N2O. The minimum atomic E-state index is 0.592. The summed E-state index contributed by atoms with van der Waals surface area (Å²) in [6, 6.07) is 0. The van der Waals surface area contributed by atoms with Crippen molar-refractivity contribution in [1.82, 2.24) is 5.17 Å². The van der Waals surface area contributed by atoms with Gasteiger partial charge in [0.25, 0.3) is 0 Å². The largest absolute Gasteiger partial charge is 0.299 e. The van der Waals surface area contributed by atoms with Crippen LogP contribution in [0.2, 0.25) is 0 Å². The number of hydrogen-bond donors (Lipinski definition) is 2.